The lowest BCUT2D eigenvalue weighted by Gasteiger charge is -2.16. The number of hydrogen-bond acceptors (Lipinski definition) is 7. The van der Waals surface area contributed by atoms with E-state index in [9.17, 15) is 10.2 Å². The number of H-pyrrole nitrogens is 1. The van der Waals surface area contributed by atoms with Crippen LogP contribution < -0.4 is 9.47 Å². The van der Waals surface area contributed by atoms with Crippen molar-refractivity contribution in [3.63, 3.8) is 0 Å². The van der Waals surface area contributed by atoms with Crippen LogP contribution in [0.4, 0.5) is 0 Å². The normalized spacial score (nSPS) is 12.7. The predicted octanol–water partition coefficient (Wildman–Crippen LogP) is 9.11. The number of nitrogens with zero attached hydrogens (tertiary/aromatic N) is 3. The highest BCUT2D eigenvalue weighted by molar-refractivity contribution is 5.72. The Hall–Kier alpha value is -4.07. The van der Waals surface area contributed by atoms with Gasteiger partial charge in [-0.05, 0) is 67.5 Å². The minimum Gasteiger partial charge on any atom is -0.507 e. The van der Waals surface area contributed by atoms with Crippen LogP contribution in [0.25, 0.3) is 34.3 Å². The summed E-state index contributed by atoms with van der Waals surface area (Å²) in [5, 5.41) is 22.1. The number of phenolic OH excluding ortho intramolecular Hbond substituents is 2. The number of rotatable bonds is 17. The van der Waals surface area contributed by atoms with E-state index in [1.165, 1.54) is 12.8 Å². The molecule has 4 rings (SSSR count). The van der Waals surface area contributed by atoms with E-state index in [0.29, 0.717) is 59.2 Å². The summed E-state index contributed by atoms with van der Waals surface area (Å²) < 4.78 is 12.1. The molecular formula is C36H48N4O4. The average Bonchev–Trinajstić information content (AvgIpc) is 3.47. The van der Waals surface area contributed by atoms with Crippen LogP contribution in [0.15, 0.2) is 48.7 Å². The molecule has 0 saturated heterocycles. The maximum absolute atomic E-state index is 11.1. The smallest absolute Gasteiger partial charge is 0.180 e. The van der Waals surface area contributed by atoms with Crippen molar-refractivity contribution in [1.82, 2.24) is 19.9 Å². The summed E-state index contributed by atoms with van der Waals surface area (Å²) in [6.45, 7) is 12.0. The van der Waals surface area contributed by atoms with Crippen molar-refractivity contribution >= 4 is 0 Å². The molecule has 8 heteroatoms. The molecule has 0 spiro atoms. The number of hydrogen-bond donors (Lipinski definition) is 3. The Bertz CT molecular complexity index is 1400. The van der Waals surface area contributed by atoms with Crippen LogP contribution >= 0.6 is 0 Å². The summed E-state index contributed by atoms with van der Waals surface area (Å²) in [6.07, 6.45) is 10.9. The molecule has 2 aromatic carbocycles. The third-order valence-electron chi connectivity index (χ3n) is 8.18. The minimum atomic E-state index is 0.0106. The number of aromatic hydroxyl groups is 2. The second-order valence-corrected chi connectivity index (χ2v) is 11.7. The lowest BCUT2D eigenvalue weighted by atomic mass is 10.0. The van der Waals surface area contributed by atoms with Crippen LogP contribution in [0, 0.1) is 18.8 Å². The molecule has 2 atom stereocenters. The van der Waals surface area contributed by atoms with Gasteiger partial charge in [0.1, 0.15) is 23.0 Å². The molecule has 0 bridgehead atoms. The molecule has 0 fully saturated rings. The molecule has 0 amide bonds. The van der Waals surface area contributed by atoms with Gasteiger partial charge < -0.3 is 24.7 Å². The highest BCUT2D eigenvalue weighted by Gasteiger charge is 2.19. The Morgan fingerprint density at radius 1 is 0.682 bits per heavy atom. The van der Waals surface area contributed by atoms with Crippen molar-refractivity contribution in [2.75, 3.05) is 13.2 Å². The Morgan fingerprint density at radius 3 is 1.55 bits per heavy atom. The van der Waals surface area contributed by atoms with Crippen LogP contribution in [0.1, 0.15) is 84.6 Å². The second kappa shape index (κ2) is 16.1. The van der Waals surface area contributed by atoms with Gasteiger partial charge >= 0.3 is 0 Å². The van der Waals surface area contributed by atoms with Crippen molar-refractivity contribution in [2.24, 2.45) is 11.8 Å². The predicted molar refractivity (Wildman–Crippen MR) is 176 cm³/mol. The Kier molecular flexibility index (Phi) is 12.0. The average molecular weight is 601 g/mol. The van der Waals surface area contributed by atoms with E-state index in [0.717, 1.165) is 44.1 Å². The SMILES string of the molecule is CCCCC(CC)COc1ccc(-c2nc(-c3cc(C)c[nH]3)nc(-c3ccc(OCC(CC)CCCC)cc3O)n2)c(O)c1. The first-order valence-electron chi connectivity index (χ1n) is 16.2. The van der Waals surface area contributed by atoms with Crippen molar-refractivity contribution in [3.8, 4) is 57.3 Å². The number of ether oxygens (including phenoxy) is 2. The molecule has 0 aliphatic rings. The summed E-state index contributed by atoms with van der Waals surface area (Å²) in [4.78, 5) is 17.3. The second-order valence-electron chi connectivity index (χ2n) is 11.7. The lowest BCUT2D eigenvalue weighted by Crippen LogP contribution is -2.11. The molecule has 2 unspecified atom stereocenters. The van der Waals surface area contributed by atoms with Crippen LogP contribution in [-0.4, -0.2) is 43.4 Å². The Labute approximate surface area is 261 Å². The van der Waals surface area contributed by atoms with E-state index in [4.69, 9.17) is 24.4 Å². The standard InChI is InChI=1S/C36H48N4O4/c1-6-10-12-25(8-3)22-43-27-14-16-29(32(41)19-27)34-38-35(40-36(39-34)31-18-24(5)21-37-31)30-17-15-28(20-33(30)42)44-23-26(9-4)13-11-7-2/h14-21,25-26,37,41-42H,6-13,22-23H2,1-5H3. The van der Waals surface area contributed by atoms with Crippen LogP contribution in [0.2, 0.25) is 0 Å². The minimum absolute atomic E-state index is 0.0106. The fourth-order valence-corrected chi connectivity index (χ4v) is 5.17. The summed E-state index contributed by atoms with van der Waals surface area (Å²) >= 11 is 0. The molecule has 4 aromatic rings. The summed E-state index contributed by atoms with van der Waals surface area (Å²) in [5.74, 6) is 3.16. The van der Waals surface area contributed by atoms with Crippen molar-refractivity contribution in [1.29, 1.82) is 0 Å². The number of aromatic nitrogens is 4. The summed E-state index contributed by atoms with van der Waals surface area (Å²) in [6, 6.07) is 12.4. The van der Waals surface area contributed by atoms with Gasteiger partial charge in [0.25, 0.3) is 0 Å². The molecule has 2 heterocycles. The van der Waals surface area contributed by atoms with Crippen molar-refractivity contribution in [3.05, 3.63) is 54.2 Å². The van der Waals surface area contributed by atoms with Crippen LogP contribution in [0.5, 0.6) is 23.0 Å². The van der Waals surface area contributed by atoms with E-state index in [-0.39, 0.29) is 23.1 Å². The van der Waals surface area contributed by atoms with Gasteiger partial charge in [0.2, 0.25) is 0 Å². The number of aromatic amines is 1. The summed E-state index contributed by atoms with van der Waals surface area (Å²) in [7, 11) is 0. The molecular weight excluding hydrogens is 552 g/mol. The third kappa shape index (κ3) is 8.74. The highest BCUT2D eigenvalue weighted by Crippen LogP contribution is 2.36. The van der Waals surface area contributed by atoms with Gasteiger partial charge in [-0.3, -0.25) is 0 Å². The number of benzene rings is 2. The molecule has 0 aliphatic carbocycles. The topological polar surface area (TPSA) is 113 Å². The summed E-state index contributed by atoms with van der Waals surface area (Å²) in [5.41, 5.74) is 2.63. The Balaban J connectivity index is 1.62. The van der Waals surface area contributed by atoms with E-state index in [1.807, 2.05) is 31.3 Å². The molecule has 0 aliphatic heterocycles. The molecule has 3 N–H and O–H groups in total. The van der Waals surface area contributed by atoms with Gasteiger partial charge in [-0.2, -0.15) is 0 Å². The monoisotopic (exact) mass is 600 g/mol. The van der Waals surface area contributed by atoms with Crippen molar-refractivity contribution in [2.45, 2.75) is 86.0 Å². The lowest BCUT2D eigenvalue weighted by molar-refractivity contribution is 0.232. The largest absolute Gasteiger partial charge is 0.507 e. The van der Waals surface area contributed by atoms with Gasteiger partial charge in [0, 0.05) is 18.3 Å². The molecule has 2 aromatic heterocycles. The fourth-order valence-electron chi connectivity index (χ4n) is 5.17. The van der Waals surface area contributed by atoms with Gasteiger partial charge in [0.05, 0.1) is 30.0 Å². The molecule has 44 heavy (non-hydrogen) atoms. The fraction of sp³-hybridized carbons (Fsp3) is 0.472. The third-order valence-corrected chi connectivity index (χ3v) is 8.18. The van der Waals surface area contributed by atoms with E-state index in [2.05, 4.69) is 32.7 Å². The molecule has 0 radical (unpaired) electrons. The molecule has 0 saturated carbocycles. The van der Waals surface area contributed by atoms with Crippen LogP contribution in [-0.2, 0) is 0 Å². The molecule has 8 nitrogen and oxygen atoms in total. The number of aryl methyl sites for hydroxylation is 1. The Morgan fingerprint density at radius 2 is 1.16 bits per heavy atom. The quantitative estimate of drug-likeness (QED) is 0.111. The number of phenols is 2. The van der Waals surface area contributed by atoms with E-state index in [1.54, 1.807) is 24.3 Å². The molecule has 236 valence electrons. The first kappa shape index (κ1) is 32.8. The maximum Gasteiger partial charge on any atom is 0.180 e. The van der Waals surface area contributed by atoms with Gasteiger partial charge in [-0.1, -0.05) is 66.2 Å². The number of unbranched alkanes of at least 4 members (excludes halogenated alkanes) is 2. The van der Waals surface area contributed by atoms with E-state index >= 15 is 0 Å². The van der Waals surface area contributed by atoms with Crippen LogP contribution in [0.3, 0.4) is 0 Å². The van der Waals surface area contributed by atoms with Gasteiger partial charge in [-0.15, -0.1) is 0 Å². The number of nitrogens with one attached hydrogen (secondary N) is 1. The maximum atomic E-state index is 11.1. The first-order chi connectivity index (χ1) is 21.3. The highest BCUT2D eigenvalue weighted by atomic mass is 16.5. The van der Waals surface area contributed by atoms with Gasteiger partial charge in [0.15, 0.2) is 17.5 Å². The van der Waals surface area contributed by atoms with E-state index < -0.39 is 0 Å². The van der Waals surface area contributed by atoms with Gasteiger partial charge in [-0.25, -0.2) is 15.0 Å². The zero-order chi connectivity index (χ0) is 31.5. The zero-order valence-electron chi connectivity index (χ0n) is 26.9. The van der Waals surface area contributed by atoms with Crippen molar-refractivity contribution < 1.29 is 19.7 Å². The first-order valence-corrected chi connectivity index (χ1v) is 16.2. The zero-order valence-corrected chi connectivity index (χ0v) is 26.9.